The lowest BCUT2D eigenvalue weighted by Crippen LogP contribution is -2.30. The summed E-state index contributed by atoms with van der Waals surface area (Å²) in [5.41, 5.74) is 0.876. The van der Waals surface area contributed by atoms with Gasteiger partial charge >= 0.3 is 0 Å². The second-order valence-electron chi connectivity index (χ2n) is 7.95. The van der Waals surface area contributed by atoms with E-state index >= 15 is 0 Å². The first-order valence-corrected chi connectivity index (χ1v) is 11.7. The molecular formula is C26H30ClNO6. The normalized spacial score (nSPS) is 17.2. The zero-order valence-electron chi connectivity index (χ0n) is 19.9. The minimum atomic E-state index is -0.756. The van der Waals surface area contributed by atoms with Gasteiger partial charge in [-0.1, -0.05) is 44.0 Å². The molecule has 1 saturated heterocycles. The Morgan fingerprint density at radius 3 is 2.29 bits per heavy atom. The molecule has 2 aromatic carbocycles. The molecule has 1 aliphatic rings. The Balaban J connectivity index is 2.12. The van der Waals surface area contributed by atoms with Crippen LogP contribution in [0.15, 0.2) is 42.0 Å². The molecule has 1 aliphatic heterocycles. The van der Waals surface area contributed by atoms with Gasteiger partial charge in [0.2, 0.25) is 0 Å². The number of rotatable bonds is 10. The molecule has 8 heteroatoms. The number of ketones is 1. The quantitative estimate of drug-likeness (QED) is 0.210. The molecule has 0 aliphatic carbocycles. The molecule has 0 saturated carbocycles. The third-order valence-electron chi connectivity index (χ3n) is 5.70. The molecule has 3 rings (SSSR count). The fourth-order valence-corrected chi connectivity index (χ4v) is 4.21. The number of halogens is 1. The van der Waals surface area contributed by atoms with E-state index < -0.39 is 17.7 Å². The number of methoxy groups -OCH3 is 2. The first-order valence-electron chi connectivity index (χ1n) is 11.3. The minimum Gasteiger partial charge on any atom is -0.507 e. The maximum absolute atomic E-state index is 13.1. The van der Waals surface area contributed by atoms with Crippen molar-refractivity contribution in [3.63, 3.8) is 0 Å². The maximum atomic E-state index is 13.1. The van der Waals surface area contributed by atoms with E-state index in [1.54, 1.807) is 0 Å². The third kappa shape index (κ3) is 4.99. The zero-order chi connectivity index (χ0) is 24.8. The first-order chi connectivity index (χ1) is 16.4. The SMILES string of the molecule is CCCCOc1ccc(C2/C(=C(\O)c3cc(Cl)c(OC)cc3OC)C(=O)C(=O)N2CCC)cc1. The highest BCUT2D eigenvalue weighted by Crippen LogP contribution is 2.43. The Kier molecular flexibility index (Phi) is 8.45. The van der Waals surface area contributed by atoms with Crippen LogP contribution < -0.4 is 14.2 Å². The van der Waals surface area contributed by atoms with Crippen LogP contribution in [0.2, 0.25) is 5.02 Å². The van der Waals surface area contributed by atoms with E-state index in [1.807, 2.05) is 31.2 Å². The Hall–Kier alpha value is -3.19. The number of ether oxygens (including phenoxy) is 3. The fourth-order valence-electron chi connectivity index (χ4n) is 3.97. The van der Waals surface area contributed by atoms with E-state index in [1.165, 1.54) is 31.3 Å². The molecule has 2 aromatic rings. The number of Topliss-reactive ketones (excluding diaryl/α,β-unsaturated/α-hetero) is 1. The maximum Gasteiger partial charge on any atom is 0.295 e. The zero-order valence-corrected chi connectivity index (χ0v) is 20.6. The van der Waals surface area contributed by atoms with Gasteiger partial charge in [0.1, 0.15) is 23.0 Å². The van der Waals surface area contributed by atoms with Crippen molar-refractivity contribution >= 4 is 29.1 Å². The predicted octanol–water partition coefficient (Wildman–Crippen LogP) is 5.37. The van der Waals surface area contributed by atoms with Gasteiger partial charge in [-0.15, -0.1) is 0 Å². The van der Waals surface area contributed by atoms with E-state index in [0.29, 0.717) is 36.6 Å². The van der Waals surface area contributed by atoms with Gasteiger partial charge in [-0.2, -0.15) is 0 Å². The number of benzene rings is 2. The number of aliphatic hydroxyl groups is 1. The number of likely N-dealkylation sites (tertiary alicyclic amines) is 1. The summed E-state index contributed by atoms with van der Waals surface area (Å²) in [6, 6.07) is 9.47. The Morgan fingerprint density at radius 1 is 1.03 bits per heavy atom. The lowest BCUT2D eigenvalue weighted by atomic mass is 9.94. The highest BCUT2D eigenvalue weighted by Gasteiger charge is 2.46. The molecule has 1 fully saturated rings. The van der Waals surface area contributed by atoms with Crippen molar-refractivity contribution in [2.75, 3.05) is 27.4 Å². The summed E-state index contributed by atoms with van der Waals surface area (Å²) < 4.78 is 16.4. The van der Waals surface area contributed by atoms with Crippen LogP contribution in [0, 0.1) is 0 Å². The van der Waals surface area contributed by atoms with Gasteiger partial charge < -0.3 is 24.2 Å². The number of nitrogens with zero attached hydrogens (tertiary/aromatic N) is 1. The summed E-state index contributed by atoms with van der Waals surface area (Å²) in [6.07, 6.45) is 2.63. The highest BCUT2D eigenvalue weighted by atomic mass is 35.5. The second-order valence-corrected chi connectivity index (χ2v) is 8.36. The minimum absolute atomic E-state index is 0.0161. The summed E-state index contributed by atoms with van der Waals surface area (Å²) >= 11 is 6.29. The van der Waals surface area contributed by atoms with E-state index in [4.69, 9.17) is 25.8 Å². The summed E-state index contributed by atoms with van der Waals surface area (Å²) in [5, 5.41) is 11.5. The number of carbonyl (C=O) groups is 2. The van der Waals surface area contributed by atoms with Crippen LogP contribution in [-0.4, -0.2) is 49.1 Å². The third-order valence-corrected chi connectivity index (χ3v) is 5.99. The predicted molar refractivity (Wildman–Crippen MR) is 131 cm³/mol. The molecule has 1 amide bonds. The number of aliphatic hydroxyl groups excluding tert-OH is 1. The summed E-state index contributed by atoms with van der Waals surface area (Å²) in [7, 11) is 2.90. The smallest absolute Gasteiger partial charge is 0.295 e. The van der Waals surface area contributed by atoms with E-state index in [2.05, 4.69) is 6.92 Å². The van der Waals surface area contributed by atoms with Crippen molar-refractivity contribution in [2.45, 2.75) is 39.2 Å². The Labute approximate surface area is 204 Å². The van der Waals surface area contributed by atoms with Crippen molar-refractivity contribution in [3.05, 3.63) is 58.1 Å². The van der Waals surface area contributed by atoms with Crippen LogP contribution in [-0.2, 0) is 9.59 Å². The molecule has 1 atom stereocenters. The van der Waals surface area contributed by atoms with Gasteiger partial charge in [0.05, 0.1) is 43.0 Å². The monoisotopic (exact) mass is 487 g/mol. The molecule has 1 heterocycles. The van der Waals surface area contributed by atoms with Crippen molar-refractivity contribution in [1.82, 2.24) is 4.90 Å². The second kappa shape index (κ2) is 11.3. The lowest BCUT2D eigenvalue weighted by molar-refractivity contribution is -0.139. The number of amides is 1. The van der Waals surface area contributed by atoms with Gasteiger partial charge in [0.15, 0.2) is 0 Å². The van der Waals surface area contributed by atoms with Gasteiger partial charge in [-0.25, -0.2) is 0 Å². The van der Waals surface area contributed by atoms with Crippen LogP contribution in [0.5, 0.6) is 17.2 Å². The van der Waals surface area contributed by atoms with Crippen LogP contribution >= 0.6 is 11.6 Å². The van der Waals surface area contributed by atoms with Crippen molar-refractivity contribution in [1.29, 1.82) is 0 Å². The van der Waals surface area contributed by atoms with Gasteiger partial charge in [-0.3, -0.25) is 9.59 Å². The van der Waals surface area contributed by atoms with Crippen molar-refractivity contribution < 1.29 is 28.9 Å². The molecule has 0 radical (unpaired) electrons. The van der Waals surface area contributed by atoms with Crippen molar-refractivity contribution in [3.8, 4) is 17.2 Å². The van der Waals surface area contributed by atoms with E-state index in [-0.39, 0.29) is 27.7 Å². The first kappa shape index (κ1) is 25.4. The van der Waals surface area contributed by atoms with Gasteiger partial charge in [-0.05, 0) is 36.6 Å². The number of hydrogen-bond donors (Lipinski definition) is 1. The molecule has 0 bridgehead atoms. The van der Waals surface area contributed by atoms with Gasteiger partial charge in [0.25, 0.3) is 11.7 Å². The van der Waals surface area contributed by atoms with Crippen LogP contribution in [0.25, 0.3) is 5.76 Å². The topological polar surface area (TPSA) is 85.3 Å². The molecule has 7 nitrogen and oxygen atoms in total. The van der Waals surface area contributed by atoms with E-state index in [0.717, 1.165) is 12.8 Å². The largest absolute Gasteiger partial charge is 0.507 e. The number of carbonyl (C=O) groups excluding carboxylic acids is 2. The summed E-state index contributed by atoms with van der Waals surface area (Å²) in [6.45, 7) is 4.99. The molecule has 1 unspecified atom stereocenters. The molecule has 34 heavy (non-hydrogen) atoms. The van der Waals surface area contributed by atoms with Crippen LogP contribution in [0.3, 0.4) is 0 Å². The standard InChI is InChI=1S/C26H30ClNO6/c1-5-7-13-34-17-10-8-16(9-11-17)23-22(25(30)26(31)28(23)12-6-2)24(29)18-14-19(27)21(33-4)15-20(18)32-3/h8-11,14-15,23,29H,5-7,12-13H2,1-4H3/b24-22+. The fraction of sp³-hybridized carbons (Fsp3) is 0.385. The van der Waals surface area contributed by atoms with Crippen LogP contribution in [0.4, 0.5) is 0 Å². The average Bonchev–Trinajstić information content (AvgIpc) is 3.09. The Bertz CT molecular complexity index is 1080. The molecule has 0 aromatic heterocycles. The summed E-state index contributed by atoms with van der Waals surface area (Å²) in [4.78, 5) is 27.5. The highest BCUT2D eigenvalue weighted by molar-refractivity contribution is 6.46. The van der Waals surface area contributed by atoms with Crippen LogP contribution in [0.1, 0.15) is 50.3 Å². The molecule has 1 N–H and O–H groups in total. The number of hydrogen-bond acceptors (Lipinski definition) is 6. The van der Waals surface area contributed by atoms with Crippen molar-refractivity contribution in [2.24, 2.45) is 0 Å². The molecule has 0 spiro atoms. The Morgan fingerprint density at radius 2 is 1.71 bits per heavy atom. The average molecular weight is 488 g/mol. The van der Waals surface area contributed by atoms with E-state index in [9.17, 15) is 14.7 Å². The molecule has 182 valence electrons. The number of unbranched alkanes of at least 4 members (excludes halogenated alkanes) is 1. The van der Waals surface area contributed by atoms with Gasteiger partial charge in [0, 0.05) is 12.6 Å². The molecular weight excluding hydrogens is 458 g/mol. The summed E-state index contributed by atoms with van der Waals surface area (Å²) in [5.74, 6) is -0.445. The lowest BCUT2D eigenvalue weighted by Gasteiger charge is -2.25.